The predicted octanol–water partition coefficient (Wildman–Crippen LogP) is -1.47. The van der Waals surface area contributed by atoms with E-state index in [9.17, 15) is 40.8 Å². The summed E-state index contributed by atoms with van der Waals surface area (Å²) in [5.41, 5.74) is 0. The van der Waals surface area contributed by atoms with Crippen molar-refractivity contribution in [3.05, 3.63) is 0 Å². The molecule has 23 heavy (non-hydrogen) atoms. The summed E-state index contributed by atoms with van der Waals surface area (Å²) < 4.78 is 66.4. The van der Waals surface area contributed by atoms with E-state index in [1.165, 1.54) is 5.32 Å². The van der Waals surface area contributed by atoms with Crippen LogP contribution in [-0.4, -0.2) is 59.2 Å². The van der Waals surface area contributed by atoms with Gasteiger partial charge < -0.3 is 10.2 Å². The van der Waals surface area contributed by atoms with Crippen molar-refractivity contribution < 1.29 is 50.2 Å². The first kappa shape index (κ1) is 18.8. The van der Waals surface area contributed by atoms with E-state index in [4.69, 9.17) is 4.55 Å². The molecule has 1 heterocycles. The molecule has 0 radical (unpaired) electrons. The minimum absolute atomic E-state index is 0.295. The fraction of sp³-hybridized carbons (Fsp3) is 0.556. The van der Waals surface area contributed by atoms with Crippen molar-refractivity contribution in [1.82, 2.24) is 10.4 Å². The molecule has 1 rings (SSSR count). The molecule has 0 spiro atoms. The smallest absolute Gasteiger partial charge is 0.335 e. The van der Waals surface area contributed by atoms with Crippen LogP contribution < -0.4 is 5.32 Å². The highest BCUT2D eigenvalue weighted by molar-refractivity contribution is 7.87. The lowest BCUT2D eigenvalue weighted by molar-refractivity contribution is -0.199. The second-order valence-corrected chi connectivity index (χ2v) is 5.94. The monoisotopic (exact) mass is 362 g/mol. The van der Waals surface area contributed by atoms with Crippen molar-refractivity contribution in [2.75, 3.05) is 0 Å². The molecule has 2 N–H and O–H groups in total. The van der Waals surface area contributed by atoms with Crippen molar-refractivity contribution >= 4 is 33.8 Å². The van der Waals surface area contributed by atoms with Gasteiger partial charge in [-0.15, -0.1) is 5.06 Å². The van der Waals surface area contributed by atoms with Crippen LogP contribution in [-0.2, 0) is 34.1 Å². The minimum Gasteiger partial charge on any atom is -0.335 e. The molecule has 3 amide bonds. The number of hydrogen-bond acceptors (Lipinski definition) is 7. The van der Waals surface area contributed by atoms with E-state index in [1.807, 2.05) is 0 Å². The molecule has 10 nitrogen and oxygen atoms in total. The van der Waals surface area contributed by atoms with E-state index in [-0.39, 0.29) is 5.06 Å². The predicted molar refractivity (Wildman–Crippen MR) is 61.6 cm³/mol. The molecule has 0 bridgehead atoms. The summed E-state index contributed by atoms with van der Waals surface area (Å²) in [6, 6.07) is -1.89. The SMILES string of the molecule is CC(NC(=O)C(F)(F)F)C(=O)ON1C(=O)CC(S(=O)(=O)O)C1=O. The lowest BCUT2D eigenvalue weighted by atomic mass is 10.3. The summed E-state index contributed by atoms with van der Waals surface area (Å²) >= 11 is 0. The van der Waals surface area contributed by atoms with Crippen molar-refractivity contribution in [3.63, 3.8) is 0 Å². The molecular formula is C9H9F3N2O8S. The summed E-state index contributed by atoms with van der Waals surface area (Å²) in [6.07, 6.45) is -6.28. The zero-order chi connectivity index (χ0) is 18.2. The third-order valence-electron chi connectivity index (χ3n) is 2.56. The topological polar surface area (TPSA) is 147 Å². The Morgan fingerprint density at radius 1 is 1.39 bits per heavy atom. The Kier molecular flexibility index (Phi) is 5.00. The Morgan fingerprint density at radius 3 is 2.30 bits per heavy atom. The first-order valence-electron chi connectivity index (χ1n) is 5.67. The molecule has 14 heteroatoms. The lowest BCUT2D eigenvalue weighted by Crippen LogP contribution is -2.48. The standard InChI is InChI=1S/C9H9F3N2O8S/c1-3(13-8(18)9(10,11)12)7(17)22-14-5(15)2-4(6(14)16)23(19,20)21/h3-4H,2H2,1H3,(H,13,18)(H,19,20,21). The number of hydroxylamine groups is 2. The van der Waals surface area contributed by atoms with E-state index < -0.39 is 57.7 Å². The average Bonchev–Trinajstić information content (AvgIpc) is 2.65. The summed E-state index contributed by atoms with van der Waals surface area (Å²) in [7, 11) is -4.93. The van der Waals surface area contributed by atoms with E-state index in [0.717, 1.165) is 6.92 Å². The number of alkyl halides is 3. The van der Waals surface area contributed by atoms with Gasteiger partial charge in [-0.1, -0.05) is 0 Å². The minimum atomic E-state index is -5.27. The number of nitrogens with one attached hydrogen (secondary N) is 1. The number of carbonyl (C=O) groups excluding carboxylic acids is 4. The van der Waals surface area contributed by atoms with Gasteiger partial charge in [-0.2, -0.15) is 21.6 Å². The Balaban J connectivity index is 2.76. The molecule has 1 fully saturated rings. The van der Waals surface area contributed by atoms with E-state index in [0.29, 0.717) is 0 Å². The quantitative estimate of drug-likeness (QED) is 0.455. The Hall–Kier alpha value is -2.22. The van der Waals surface area contributed by atoms with Crippen LogP contribution in [0, 0.1) is 0 Å². The molecule has 0 aromatic heterocycles. The highest BCUT2D eigenvalue weighted by atomic mass is 32.2. The normalized spacial score (nSPS) is 20.4. The Labute approximate surface area is 126 Å². The Bertz CT molecular complexity index is 658. The molecule has 0 saturated carbocycles. The van der Waals surface area contributed by atoms with Gasteiger partial charge in [0.25, 0.3) is 21.9 Å². The summed E-state index contributed by atoms with van der Waals surface area (Å²) in [5, 5.41) is -1.26. The number of imide groups is 1. The van der Waals surface area contributed by atoms with Crippen LogP contribution in [0.25, 0.3) is 0 Å². The van der Waals surface area contributed by atoms with Crippen molar-refractivity contribution in [1.29, 1.82) is 0 Å². The molecule has 0 aromatic rings. The largest absolute Gasteiger partial charge is 0.471 e. The second-order valence-electron chi connectivity index (χ2n) is 4.34. The number of nitrogens with zero attached hydrogens (tertiary/aromatic N) is 1. The number of rotatable bonds is 4. The molecular weight excluding hydrogens is 353 g/mol. The molecule has 1 aliphatic heterocycles. The van der Waals surface area contributed by atoms with Crippen LogP contribution in [0.5, 0.6) is 0 Å². The van der Waals surface area contributed by atoms with Crippen LogP contribution in [0.4, 0.5) is 13.2 Å². The van der Waals surface area contributed by atoms with Crippen molar-refractivity contribution in [2.24, 2.45) is 0 Å². The fourth-order valence-electron chi connectivity index (χ4n) is 1.42. The highest BCUT2D eigenvalue weighted by Gasteiger charge is 2.49. The van der Waals surface area contributed by atoms with Gasteiger partial charge in [0.1, 0.15) is 6.04 Å². The maximum Gasteiger partial charge on any atom is 0.471 e. The van der Waals surface area contributed by atoms with Crippen molar-refractivity contribution in [3.8, 4) is 0 Å². The summed E-state index contributed by atoms with van der Waals surface area (Å²) in [5.74, 6) is -6.97. The number of halogens is 3. The van der Waals surface area contributed by atoms with Crippen LogP contribution in [0.3, 0.4) is 0 Å². The van der Waals surface area contributed by atoms with E-state index >= 15 is 0 Å². The van der Waals surface area contributed by atoms with E-state index in [1.54, 1.807) is 0 Å². The van der Waals surface area contributed by atoms with Gasteiger partial charge in [-0.25, -0.2) is 4.79 Å². The molecule has 130 valence electrons. The van der Waals surface area contributed by atoms with Gasteiger partial charge in [-0.05, 0) is 6.92 Å². The fourth-order valence-corrected chi connectivity index (χ4v) is 2.12. The molecule has 2 atom stereocenters. The zero-order valence-corrected chi connectivity index (χ0v) is 12.0. The molecule has 0 aliphatic carbocycles. The highest BCUT2D eigenvalue weighted by Crippen LogP contribution is 2.20. The molecule has 0 aromatic carbocycles. The van der Waals surface area contributed by atoms with Gasteiger partial charge in [0.2, 0.25) is 0 Å². The first-order chi connectivity index (χ1) is 10.2. The first-order valence-corrected chi connectivity index (χ1v) is 7.18. The average molecular weight is 362 g/mol. The Morgan fingerprint density at radius 2 is 1.91 bits per heavy atom. The zero-order valence-electron chi connectivity index (χ0n) is 11.2. The summed E-state index contributed by atoms with van der Waals surface area (Å²) in [6.45, 7) is 0.775. The van der Waals surface area contributed by atoms with Crippen LogP contribution in [0.2, 0.25) is 0 Å². The summed E-state index contributed by atoms with van der Waals surface area (Å²) in [4.78, 5) is 49.1. The third-order valence-corrected chi connectivity index (χ3v) is 3.65. The maximum atomic E-state index is 12.0. The maximum absolute atomic E-state index is 12.0. The third kappa shape index (κ3) is 4.38. The van der Waals surface area contributed by atoms with Gasteiger partial charge >= 0.3 is 18.1 Å². The van der Waals surface area contributed by atoms with Gasteiger partial charge in [0.15, 0.2) is 5.25 Å². The number of amides is 3. The van der Waals surface area contributed by atoms with Crippen LogP contribution >= 0.6 is 0 Å². The van der Waals surface area contributed by atoms with Gasteiger partial charge in [0.05, 0.1) is 6.42 Å². The van der Waals surface area contributed by atoms with E-state index in [2.05, 4.69) is 4.84 Å². The van der Waals surface area contributed by atoms with Crippen LogP contribution in [0.1, 0.15) is 13.3 Å². The number of hydrogen-bond donors (Lipinski definition) is 2. The molecule has 1 aliphatic rings. The number of carbonyl (C=O) groups is 4. The molecule has 2 unspecified atom stereocenters. The van der Waals surface area contributed by atoms with Crippen LogP contribution in [0.15, 0.2) is 0 Å². The molecule has 1 saturated heterocycles. The van der Waals surface area contributed by atoms with Crippen molar-refractivity contribution in [2.45, 2.75) is 30.8 Å². The van der Waals surface area contributed by atoms with Gasteiger partial charge in [-0.3, -0.25) is 18.9 Å². The van der Waals surface area contributed by atoms with Gasteiger partial charge in [0, 0.05) is 0 Å². The lowest BCUT2D eigenvalue weighted by Gasteiger charge is -2.17. The second kappa shape index (κ2) is 6.11.